The lowest BCUT2D eigenvalue weighted by molar-refractivity contribution is -0.141. The fourth-order valence-corrected chi connectivity index (χ4v) is 4.95. The van der Waals surface area contributed by atoms with Crippen molar-refractivity contribution in [2.24, 2.45) is 0 Å². The Morgan fingerprint density at radius 1 is 1.32 bits per heavy atom. The van der Waals surface area contributed by atoms with E-state index in [4.69, 9.17) is 4.74 Å². The van der Waals surface area contributed by atoms with Crippen LogP contribution in [0.4, 0.5) is 0 Å². The Balaban J connectivity index is 2.55. The predicted octanol–water partition coefficient (Wildman–Crippen LogP) is 1.94. The van der Waals surface area contributed by atoms with E-state index in [0.29, 0.717) is 29.7 Å². The molecule has 1 unspecified atom stereocenters. The molecule has 1 atom stereocenters. The van der Waals surface area contributed by atoms with Crippen molar-refractivity contribution in [1.82, 2.24) is 4.31 Å². The molecule has 1 aromatic rings. The largest absolute Gasteiger partial charge is 0.497 e. The lowest BCUT2D eigenvalue weighted by atomic mass is 10.1. The molecule has 0 amide bonds. The van der Waals surface area contributed by atoms with E-state index in [2.05, 4.69) is 0 Å². The van der Waals surface area contributed by atoms with Gasteiger partial charge in [-0.15, -0.1) is 0 Å². The number of rotatable bonds is 6. The van der Waals surface area contributed by atoms with Gasteiger partial charge in [-0.05, 0) is 56.9 Å². The standard InChI is InChI=1S/C15H21NO5S/c1-9-7-13(21-4)8-10(2)14(9)22(19,20)16(12-5-6-12)11(3)15(17)18/h7-8,11-12H,5-6H2,1-4H3,(H,17,18). The maximum absolute atomic E-state index is 13.0. The molecule has 0 bridgehead atoms. The molecule has 1 aliphatic rings. The first kappa shape index (κ1) is 16.8. The van der Waals surface area contributed by atoms with Crippen LogP contribution in [0.25, 0.3) is 0 Å². The fraction of sp³-hybridized carbons (Fsp3) is 0.533. The summed E-state index contributed by atoms with van der Waals surface area (Å²) in [5, 5.41) is 9.23. The molecule has 1 aromatic carbocycles. The van der Waals surface area contributed by atoms with Gasteiger partial charge in [0.2, 0.25) is 10.0 Å². The summed E-state index contributed by atoms with van der Waals surface area (Å²) in [4.78, 5) is 11.5. The molecular weight excluding hydrogens is 306 g/mol. The first-order chi connectivity index (χ1) is 10.2. The van der Waals surface area contributed by atoms with Crippen molar-refractivity contribution in [3.8, 4) is 5.75 Å². The van der Waals surface area contributed by atoms with Crippen molar-refractivity contribution in [3.63, 3.8) is 0 Å². The number of carboxylic acid groups (broad SMARTS) is 1. The third kappa shape index (κ3) is 2.96. The lowest BCUT2D eigenvalue weighted by Crippen LogP contribution is -2.45. The smallest absolute Gasteiger partial charge is 0.321 e. The van der Waals surface area contributed by atoms with Gasteiger partial charge in [0.05, 0.1) is 12.0 Å². The van der Waals surface area contributed by atoms with Gasteiger partial charge in [-0.25, -0.2) is 8.42 Å². The van der Waals surface area contributed by atoms with Crippen LogP contribution in [-0.2, 0) is 14.8 Å². The third-order valence-corrected chi connectivity index (χ3v) is 6.18. The molecule has 1 aliphatic carbocycles. The summed E-state index contributed by atoms with van der Waals surface area (Å²) in [5.41, 5.74) is 1.11. The number of hydrogen-bond acceptors (Lipinski definition) is 4. The van der Waals surface area contributed by atoms with E-state index in [9.17, 15) is 18.3 Å². The van der Waals surface area contributed by atoms with Crippen LogP contribution in [0, 0.1) is 13.8 Å². The summed E-state index contributed by atoms with van der Waals surface area (Å²) in [7, 11) is -2.35. The molecule has 0 spiro atoms. The van der Waals surface area contributed by atoms with Gasteiger partial charge in [-0.2, -0.15) is 4.31 Å². The average Bonchev–Trinajstić information content (AvgIpc) is 3.21. The highest BCUT2D eigenvalue weighted by Gasteiger charge is 2.44. The van der Waals surface area contributed by atoms with Gasteiger partial charge < -0.3 is 9.84 Å². The average molecular weight is 327 g/mol. The van der Waals surface area contributed by atoms with E-state index >= 15 is 0 Å². The summed E-state index contributed by atoms with van der Waals surface area (Å²) < 4.78 is 32.3. The minimum absolute atomic E-state index is 0.174. The highest BCUT2D eigenvalue weighted by Crippen LogP contribution is 2.36. The number of hydrogen-bond donors (Lipinski definition) is 1. The van der Waals surface area contributed by atoms with E-state index in [1.54, 1.807) is 26.0 Å². The Hall–Kier alpha value is -1.60. The van der Waals surface area contributed by atoms with Gasteiger partial charge in [0.25, 0.3) is 0 Å². The van der Waals surface area contributed by atoms with Gasteiger partial charge in [0, 0.05) is 6.04 Å². The first-order valence-corrected chi connectivity index (χ1v) is 8.55. The van der Waals surface area contributed by atoms with Crippen molar-refractivity contribution in [3.05, 3.63) is 23.3 Å². The van der Waals surface area contributed by atoms with Gasteiger partial charge in [0.1, 0.15) is 11.8 Å². The monoisotopic (exact) mass is 327 g/mol. The second-order valence-corrected chi connectivity index (χ2v) is 7.45. The van der Waals surface area contributed by atoms with E-state index in [1.165, 1.54) is 14.0 Å². The maximum atomic E-state index is 13.0. The summed E-state index contributed by atoms with van der Waals surface area (Å²) in [5.74, 6) is -0.558. The zero-order valence-electron chi connectivity index (χ0n) is 13.2. The number of sulfonamides is 1. The number of aryl methyl sites for hydroxylation is 2. The number of methoxy groups -OCH3 is 1. The third-order valence-electron chi connectivity index (χ3n) is 3.85. The number of aliphatic carboxylic acids is 1. The molecule has 1 saturated carbocycles. The Morgan fingerprint density at radius 2 is 1.82 bits per heavy atom. The number of carboxylic acids is 1. The van der Waals surface area contributed by atoms with Gasteiger partial charge in [-0.1, -0.05) is 0 Å². The molecule has 0 heterocycles. The Bertz CT molecular complexity index is 671. The zero-order valence-corrected chi connectivity index (χ0v) is 14.0. The highest BCUT2D eigenvalue weighted by atomic mass is 32.2. The van der Waals surface area contributed by atoms with Crippen molar-refractivity contribution in [2.45, 2.75) is 50.6 Å². The van der Waals surface area contributed by atoms with E-state index in [1.807, 2.05) is 0 Å². The number of benzene rings is 1. The van der Waals surface area contributed by atoms with Crippen molar-refractivity contribution >= 4 is 16.0 Å². The van der Waals surface area contributed by atoms with Crippen LogP contribution in [0.5, 0.6) is 5.75 Å². The second kappa shape index (κ2) is 5.89. The molecular formula is C15H21NO5S. The molecule has 1 fully saturated rings. The van der Waals surface area contributed by atoms with Crippen molar-refractivity contribution in [1.29, 1.82) is 0 Å². The van der Waals surface area contributed by atoms with E-state index < -0.39 is 22.0 Å². The lowest BCUT2D eigenvalue weighted by Gasteiger charge is -2.27. The molecule has 0 aromatic heterocycles. The van der Waals surface area contributed by atoms with Crippen molar-refractivity contribution in [2.75, 3.05) is 7.11 Å². The van der Waals surface area contributed by atoms with E-state index in [0.717, 1.165) is 4.31 Å². The van der Waals surface area contributed by atoms with Gasteiger partial charge in [-0.3, -0.25) is 4.79 Å². The quantitative estimate of drug-likeness (QED) is 0.863. The van der Waals surface area contributed by atoms with Gasteiger partial charge >= 0.3 is 5.97 Å². The summed E-state index contributed by atoms with van der Waals surface area (Å²) in [6.45, 7) is 4.80. The maximum Gasteiger partial charge on any atom is 0.321 e. The molecule has 2 rings (SSSR count). The molecule has 7 heteroatoms. The van der Waals surface area contributed by atoms with Crippen LogP contribution in [0.3, 0.4) is 0 Å². The molecule has 1 N–H and O–H groups in total. The number of nitrogens with zero attached hydrogens (tertiary/aromatic N) is 1. The molecule has 0 radical (unpaired) electrons. The molecule has 22 heavy (non-hydrogen) atoms. The fourth-order valence-electron chi connectivity index (χ4n) is 2.70. The molecule has 0 saturated heterocycles. The number of carbonyl (C=O) groups is 1. The van der Waals surface area contributed by atoms with Crippen LogP contribution in [0.2, 0.25) is 0 Å². The highest BCUT2D eigenvalue weighted by molar-refractivity contribution is 7.89. The zero-order chi connectivity index (χ0) is 16.7. The van der Waals surface area contributed by atoms with Crippen LogP contribution in [-0.4, -0.2) is 43.0 Å². The second-order valence-electron chi connectivity index (χ2n) is 5.67. The normalized spacial score (nSPS) is 16.6. The molecule has 122 valence electrons. The Labute approximate surface area is 130 Å². The van der Waals surface area contributed by atoms with Crippen molar-refractivity contribution < 1.29 is 23.1 Å². The molecule has 6 nitrogen and oxygen atoms in total. The van der Waals surface area contributed by atoms with Crippen LogP contribution >= 0.6 is 0 Å². The topological polar surface area (TPSA) is 83.9 Å². The van der Waals surface area contributed by atoms with Crippen LogP contribution in [0.15, 0.2) is 17.0 Å². The minimum Gasteiger partial charge on any atom is -0.497 e. The molecule has 0 aliphatic heterocycles. The number of ether oxygens (including phenoxy) is 1. The van der Waals surface area contributed by atoms with E-state index in [-0.39, 0.29) is 10.9 Å². The van der Waals surface area contributed by atoms with Crippen LogP contribution < -0.4 is 4.74 Å². The minimum atomic E-state index is -3.87. The summed E-state index contributed by atoms with van der Waals surface area (Å²) in [6, 6.07) is 1.99. The Morgan fingerprint density at radius 3 is 2.18 bits per heavy atom. The summed E-state index contributed by atoms with van der Waals surface area (Å²) in [6.07, 6.45) is 1.40. The summed E-state index contributed by atoms with van der Waals surface area (Å²) >= 11 is 0. The first-order valence-electron chi connectivity index (χ1n) is 7.11. The van der Waals surface area contributed by atoms with Gasteiger partial charge in [0.15, 0.2) is 0 Å². The Kier molecular flexibility index (Phi) is 4.49. The predicted molar refractivity (Wildman–Crippen MR) is 81.6 cm³/mol. The SMILES string of the molecule is COc1cc(C)c(S(=O)(=O)N(C2CC2)C(C)C(=O)O)c(C)c1. The van der Waals surface area contributed by atoms with Crippen LogP contribution in [0.1, 0.15) is 30.9 Å².